The number of carbonyl (C=O) groups excluding carboxylic acids is 2. The van der Waals surface area contributed by atoms with Crippen molar-refractivity contribution in [3.63, 3.8) is 0 Å². The van der Waals surface area contributed by atoms with E-state index in [2.05, 4.69) is 26.0 Å². The Morgan fingerprint density at radius 1 is 1.00 bits per heavy atom. The van der Waals surface area contributed by atoms with Crippen LogP contribution < -0.4 is 0 Å². The third-order valence-electron chi connectivity index (χ3n) is 6.37. The number of hydrogen-bond donors (Lipinski definition) is 0. The van der Waals surface area contributed by atoms with Gasteiger partial charge in [0, 0.05) is 25.6 Å². The number of ether oxygens (including phenoxy) is 1. The molecular formula is C22H28O3. The van der Waals surface area contributed by atoms with Gasteiger partial charge in [0.25, 0.3) is 0 Å². The van der Waals surface area contributed by atoms with Crippen molar-refractivity contribution in [3.05, 3.63) is 34.4 Å². The highest BCUT2D eigenvalue weighted by Crippen LogP contribution is 2.44. The molecule has 0 amide bonds. The van der Waals surface area contributed by atoms with Gasteiger partial charge >= 0.3 is 0 Å². The largest absolute Gasteiger partial charge is 0.381 e. The molecule has 0 bridgehead atoms. The fourth-order valence-corrected chi connectivity index (χ4v) is 4.86. The quantitative estimate of drug-likeness (QED) is 0.770. The highest BCUT2D eigenvalue weighted by molar-refractivity contribution is 6.15. The maximum Gasteiger partial charge on any atom is 0.151 e. The van der Waals surface area contributed by atoms with Crippen LogP contribution in [-0.4, -0.2) is 24.8 Å². The lowest BCUT2D eigenvalue weighted by Crippen LogP contribution is -2.22. The Hall–Kier alpha value is -1.48. The zero-order chi connectivity index (χ0) is 17.6. The molecule has 1 aromatic carbocycles. The normalized spacial score (nSPS) is 27.9. The maximum absolute atomic E-state index is 13.1. The second-order valence-corrected chi connectivity index (χ2v) is 8.34. The Kier molecular flexibility index (Phi) is 4.53. The van der Waals surface area contributed by atoms with E-state index in [9.17, 15) is 9.59 Å². The molecule has 25 heavy (non-hydrogen) atoms. The number of benzene rings is 1. The Labute approximate surface area is 150 Å². The Morgan fingerprint density at radius 3 is 2.24 bits per heavy atom. The molecule has 2 aliphatic carbocycles. The third kappa shape index (κ3) is 3.31. The van der Waals surface area contributed by atoms with Crippen molar-refractivity contribution in [2.24, 2.45) is 11.8 Å². The first-order valence-electron chi connectivity index (χ1n) is 9.79. The number of aryl methyl sites for hydroxylation is 2. The average Bonchev–Trinajstić information content (AvgIpc) is 3.39. The predicted molar refractivity (Wildman–Crippen MR) is 96.9 cm³/mol. The first-order chi connectivity index (χ1) is 12.0. The van der Waals surface area contributed by atoms with Gasteiger partial charge in [-0.1, -0.05) is 12.1 Å². The van der Waals surface area contributed by atoms with Crippen LogP contribution in [-0.2, 0) is 14.3 Å². The molecule has 2 atom stereocenters. The van der Waals surface area contributed by atoms with Gasteiger partial charge < -0.3 is 4.74 Å². The number of Topliss-reactive ketones (excluding diaryl/α,β-unsaturated/α-hetero) is 2. The minimum Gasteiger partial charge on any atom is -0.381 e. The van der Waals surface area contributed by atoms with Gasteiger partial charge in [-0.3, -0.25) is 9.59 Å². The smallest absolute Gasteiger partial charge is 0.151 e. The molecule has 3 fully saturated rings. The first kappa shape index (κ1) is 17.0. The van der Waals surface area contributed by atoms with Gasteiger partial charge in [-0.2, -0.15) is 0 Å². The second kappa shape index (κ2) is 6.68. The van der Waals surface area contributed by atoms with Crippen LogP contribution in [0.15, 0.2) is 12.1 Å². The van der Waals surface area contributed by atoms with E-state index >= 15 is 0 Å². The van der Waals surface area contributed by atoms with E-state index in [1.54, 1.807) is 0 Å². The van der Waals surface area contributed by atoms with Gasteiger partial charge in [0.1, 0.15) is 11.7 Å². The van der Waals surface area contributed by atoms with Crippen LogP contribution in [0.5, 0.6) is 0 Å². The summed E-state index contributed by atoms with van der Waals surface area (Å²) in [6.45, 7) is 5.73. The van der Waals surface area contributed by atoms with Gasteiger partial charge in [-0.15, -0.1) is 0 Å². The van der Waals surface area contributed by atoms with Gasteiger partial charge in [0.05, 0.1) is 0 Å². The summed E-state index contributed by atoms with van der Waals surface area (Å²) in [6, 6.07) is 4.43. The predicted octanol–water partition coefficient (Wildman–Crippen LogP) is 4.24. The van der Waals surface area contributed by atoms with E-state index in [0.717, 1.165) is 49.2 Å². The molecule has 2 unspecified atom stereocenters. The summed E-state index contributed by atoms with van der Waals surface area (Å²) in [7, 11) is 0. The monoisotopic (exact) mass is 340 g/mol. The molecule has 0 N–H and O–H groups in total. The summed E-state index contributed by atoms with van der Waals surface area (Å²) >= 11 is 0. The minimum atomic E-state index is -0.516. The standard InChI is InChI=1S/C22H28O3/c1-13-9-17(16-3-4-16)10-14(2)20(13)21-19(23)12-18(22(21)24)11-15-5-7-25-8-6-15/h9-10,15-16,18,21H,3-8,11-12H2,1-2H3. The van der Waals surface area contributed by atoms with Gasteiger partial charge in [-0.05, 0) is 80.0 Å². The van der Waals surface area contributed by atoms with Crippen molar-refractivity contribution in [3.8, 4) is 0 Å². The molecule has 4 rings (SSSR count). The molecule has 1 saturated heterocycles. The Bertz CT molecular complexity index is 672. The van der Waals surface area contributed by atoms with Gasteiger partial charge in [0.2, 0.25) is 0 Å². The number of rotatable bonds is 4. The van der Waals surface area contributed by atoms with Crippen molar-refractivity contribution in [2.75, 3.05) is 13.2 Å². The minimum absolute atomic E-state index is 0.0810. The van der Waals surface area contributed by atoms with Crippen LogP contribution in [0.25, 0.3) is 0 Å². The molecule has 1 aromatic rings. The van der Waals surface area contributed by atoms with Crippen molar-refractivity contribution in [1.82, 2.24) is 0 Å². The first-order valence-corrected chi connectivity index (χ1v) is 9.79. The lowest BCUT2D eigenvalue weighted by molar-refractivity contribution is -0.125. The van der Waals surface area contributed by atoms with Crippen LogP contribution in [0, 0.1) is 25.7 Å². The van der Waals surface area contributed by atoms with E-state index in [1.165, 1.54) is 18.4 Å². The molecule has 0 spiro atoms. The number of carbonyl (C=O) groups is 2. The summed E-state index contributed by atoms with van der Waals surface area (Å²) < 4.78 is 5.42. The summed E-state index contributed by atoms with van der Waals surface area (Å²) in [5.41, 5.74) is 4.63. The highest BCUT2D eigenvalue weighted by Gasteiger charge is 2.44. The Morgan fingerprint density at radius 2 is 1.64 bits per heavy atom. The lowest BCUT2D eigenvalue weighted by Gasteiger charge is -2.24. The average molecular weight is 340 g/mol. The summed E-state index contributed by atoms with van der Waals surface area (Å²) in [6.07, 6.45) is 5.89. The topological polar surface area (TPSA) is 43.4 Å². The van der Waals surface area contributed by atoms with Gasteiger partial charge in [0.15, 0.2) is 5.78 Å². The van der Waals surface area contributed by atoms with Crippen molar-refractivity contribution in [1.29, 1.82) is 0 Å². The zero-order valence-corrected chi connectivity index (χ0v) is 15.3. The van der Waals surface area contributed by atoms with Crippen molar-refractivity contribution in [2.45, 2.75) is 64.2 Å². The molecule has 0 aromatic heterocycles. The molecule has 1 aliphatic heterocycles. The molecular weight excluding hydrogens is 312 g/mol. The molecule has 1 heterocycles. The molecule has 2 saturated carbocycles. The Balaban J connectivity index is 1.55. The SMILES string of the molecule is Cc1cc(C2CC2)cc(C)c1C1C(=O)CC(CC2CCOCC2)C1=O. The van der Waals surface area contributed by atoms with Crippen LogP contribution in [0.4, 0.5) is 0 Å². The van der Waals surface area contributed by atoms with E-state index in [0.29, 0.717) is 18.3 Å². The van der Waals surface area contributed by atoms with E-state index in [-0.39, 0.29) is 17.5 Å². The van der Waals surface area contributed by atoms with Crippen molar-refractivity contribution < 1.29 is 14.3 Å². The fraction of sp³-hybridized carbons (Fsp3) is 0.636. The molecule has 134 valence electrons. The zero-order valence-electron chi connectivity index (χ0n) is 15.3. The molecule has 3 nitrogen and oxygen atoms in total. The third-order valence-corrected chi connectivity index (χ3v) is 6.37. The van der Waals surface area contributed by atoms with Gasteiger partial charge in [-0.25, -0.2) is 0 Å². The summed E-state index contributed by atoms with van der Waals surface area (Å²) in [5, 5.41) is 0. The molecule has 3 aliphatic rings. The van der Waals surface area contributed by atoms with Crippen molar-refractivity contribution >= 4 is 11.6 Å². The van der Waals surface area contributed by atoms with Crippen LogP contribution in [0.2, 0.25) is 0 Å². The molecule has 0 radical (unpaired) electrons. The van der Waals surface area contributed by atoms with Crippen LogP contribution in [0.3, 0.4) is 0 Å². The summed E-state index contributed by atoms with van der Waals surface area (Å²) in [4.78, 5) is 25.8. The van der Waals surface area contributed by atoms with Crippen LogP contribution in [0.1, 0.15) is 72.6 Å². The fourth-order valence-electron chi connectivity index (χ4n) is 4.86. The maximum atomic E-state index is 13.1. The van der Waals surface area contributed by atoms with E-state index in [4.69, 9.17) is 4.74 Å². The number of hydrogen-bond acceptors (Lipinski definition) is 3. The highest BCUT2D eigenvalue weighted by atomic mass is 16.5. The lowest BCUT2D eigenvalue weighted by atomic mass is 9.83. The summed E-state index contributed by atoms with van der Waals surface area (Å²) in [5.74, 6) is 0.936. The number of ketones is 2. The van der Waals surface area contributed by atoms with E-state index in [1.807, 2.05) is 0 Å². The molecule has 3 heteroatoms. The van der Waals surface area contributed by atoms with Crippen LogP contribution >= 0.6 is 0 Å². The second-order valence-electron chi connectivity index (χ2n) is 8.34. The van der Waals surface area contributed by atoms with E-state index < -0.39 is 5.92 Å².